The lowest BCUT2D eigenvalue weighted by atomic mass is 9.81. The first-order chi connectivity index (χ1) is 9.94. The fourth-order valence-electron chi connectivity index (χ4n) is 3.57. The molecule has 0 radical (unpaired) electrons. The Morgan fingerprint density at radius 1 is 1.05 bits per heavy atom. The Morgan fingerprint density at radius 2 is 1.57 bits per heavy atom. The molecule has 0 heterocycles. The number of carbonyl (C=O) groups is 3. The lowest BCUT2D eigenvalue weighted by Gasteiger charge is -2.29. The molecule has 0 aliphatic heterocycles. The van der Waals surface area contributed by atoms with E-state index in [4.69, 9.17) is 10.8 Å². The van der Waals surface area contributed by atoms with Crippen molar-refractivity contribution < 1.29 is 19.5 Å². The van der Waals surface area contributed by atoms with E-state index in [1.54, 1.807) is 0 Å². The van der Waals surface area contributed by atoms with E-state index < -0.39 is 11.4 Å². The van der Waals surface area contributed by atoms with Gasteiger partial charge in [0.2, 0.25) is 11.8 Å². The number of nitrogens with one attached hydrogen (secondary N) is 1. The molecule has 0 aromatic heterocycles. The normalized spacial score (nSPS) is 28.0. The molecule has 6 heteroatoms. The van der Waals surface area contributed by atoms with E-state index in [1.807, 2.05) is 0 Å². The maximum atomic E-state index is 12.2. The molecular formula is C15H24N2O4. The molecule has 2 rings (SSSR count). The molecule has 0 aromatic rings. The Balaban J connectivity index is 1.82. The minimum absolute atomic E-state index is 0.0636. The quantitative estimate of drug-likeness (QED) is 0.704. The third-order valence-electron chi connectivity index (χ3n) is 5.13. The summed E-state index contributed by atoms with van der Waals surface area (Å²) in [6.07, 6.45) is 5.75. The fourth-order valence-corrected chi connectivity index (χ4v) is 3.57. The summed E-state index contributed by atoms with van der Waals surface area (Å²) in [7, 11) is 0. The van der Waals surface area contributed by atoms with Crippen molar-refractivity contribution in [2.75, 3.05) is 6.54 Å². The van der Waals surface area contributed by atoms with Gasteiger partial charge in [0.05, 0.1) is 11.3 Å². The largest absolute Gasteiger partial charge is 0.481 e. The summed E-state index contributed by atoms with van der Waals surface area (Å²) in [5.41, 5.74) is 4.92. The summed E-state index contributed by atoms with van der Waals surface area (Å²) in [5, 5.41) is 11.8. The van der Waals surface area contributed by atoms with Crippen LogP contribution in [0.25, 0.3) is 0 Å². The molecule has 0 bridgehead atoms. The topological polar surface area (TPSA) is 109 Å². The summed E-state index contributed by atoms with van der Waals surface area (Å²) in [5.74, 6) is -1.61. The maximum Gasteiger partial charge on any atom is 0.306 e. The van der Waals surface area contributed by atoms with Crippen molar-refractivity contribution in [1.82, 2.24) is 5.32 Å². The van der Waals surface area contributed by atoms with Crippen LogP contribution in [0.15, 0.2) is 0 Å². The molecule has 2 aliphatic carbocycles. The summed E-state index contributed by atoms with van der Waals surface area (Å²) >= 11 is 0. The van der Waals surface area contributed by atoms with Crippen LogP contribution in [0.3, 0.4) is 0 Å². The molecule has 2 fully saturated rings. The average Bonchev–Trinajstić information content (AvgIpc) is 2.95. The second kappa shape index (κ2) is 6.45. The first-order valence-corrected chi connectivity index (χ1v) is 7.75. The number of rotatable bonds is 5. The molecule has 2 saturated carbocycles. The van der Waals surface area contributed by atoms with Gasteiger partial charge in [0, 0.05) is 12.5 Å². The van der Waals surface area contributed by atoms with E-state index in [0.717, 1.165) is 25.7 Å². The van der Waals surface area contributed by atoms with Gasteiger partial charge < -0.3 is 16.2 Å². The highest BCUT2D eigenvalue weighted by molar-refractivity contribution is 5.83. The van der Waals surface area contributed by atoms with Crippen LogP contribution < -0.4 is 11.1 Å². The molecule has 21 heavy (non-hydrogen) atoms. The van der Waals surface area contributed by atoms with Gasteiger partial charge in [-0.1, -0.05) is 12.8 Å². The zero-order valence-corrected chi connectivity index (χ0v) is 12.3. The van der Waals surface area contributed by atoms with Crippen molar-refractivity contribution in [1.29, 1.82) is 0 Å². The molecule has 2 amide bonds. The molecule has 0 atom stereocenters. The molecule has 0 unspecified atom stereocenters. The lowest BCUT2D eigenvalue weighted by molar-refractivity contribution is -0.144. The van der Waals surface area contributed by atoms with Crippen LogP contribution in [0, 0.1) is 17.3 Å². The van der Waals surface area contributed by atoms with E-state index >= 15 is 0 Å². The molecule has 0 saturated heterocycles. The smallest absolute Gasteiger partial charge is 0.306 e. The van der Waals surface area contributed by atoms with Crippen molar-refractivity contribution in [3.8, 4) is 0 Å². The molecule has 6 nitrogen and oxygen atoms in total. The zero-order valence-electron chi connectivity index (χ0n) is 12.3. The molecular weight excluding hydrogens is 272 g/mol. The highest BCUT2D eigenvalue weighted by atomic mass is 16.4. The Bertz CT molecular complexity index is 421. The molecule has 118 valence electrons. The predicted molar refractivity (Wildman–Crippen MR) is 76.2 cm³/mol. The first kappa shape index (κ1) is 15.8. The number of hydrogen-bond acceptors (Lipinski definition) is 3. The molecule has 0 spiro atoms. The third kappa shape index (κ3) is 3.54. The van der Waals surface area contributed by atoms with Crippen LogP contribution in [0.5, 0.6) is 0 Å². The Morgan fingerprint density at radius 3 is 2.05 bits per heavy atom. The van der Waals surface area contributed by atoms with Crippen LogP contribution in [0.1, 0.15) is 51.4 Å². The molecule has 2 aliphatic rings. The van der Waals surface area contributed by atoms with Gasteiger partial charge in [-0.3, -0.25) is 14.4 Å². The highest BCUT2D eigenvalue weighted by Crippen LogP contribution is 2.37. The second-order valence-electron chi connectivity index (χ2n) is 6.46. The molecule has 0 aromatic carbocycles. The zero-order chi connectivity index (χ0) is 15.5. The second-order valence-corrected chi connectivity index (χ2v) is 6.46. The summed E-state index contributed by atoms with van der Waals surface area (Å²) in [6, 6.07) is 0. The number of hydrogen-bond donors (Lipinski definition) is 3. The minimum Gasteiger partial charge on any atom is -0.481 e. The van der Waals surface area contributed by atoms with Gasteiger partial charge >= 0.3 is 5.97 Å². The monoisotopic (exact) mass is 296 g/mol. The van der Waals surface area contributed by atoms with Crippen LogP contribution in [0.4, 0.5) is 0 Å². The maximum absolute atomic E-state index is 12.2. The van der Waals surface area contributed by atoms with E-state index in [1.165, 1.54) is 0 Å². The standard InChI is InChI=1S/C15H24N2O4/c16-14(21)15(7-1-2-8-15)9-17-12(18)10-3-5-11(6-4-10)13(19)20/h10-11H,1-9H2,(H2,16,21)(H,17,18)(H,19,20). The van der Waals surface area contributed by atoms with Gasteiger partial charge in [0.1, 0.15) is 0 Å². The van der Waals surface area contributed by atoms with Crippen LogP contribution in [-0.2, 0) is 14.4 Å². The van der Waals surface area contributed by atoms with E-state index in [0.29, 0.717) is 32.2 Å². The van der Waals surface area contributed by atoms with E-state index in [2.05, 4.69) is 5.32 Å². The Kier molecular flexibility index (Phi) is 4.85. The number of amides is 2. The summed E-state index contributed by atoms with van der Waals surface area (Å²) in [4.78, 5) is 34.7. The number of carbonyl (C=O) groups excluding carboxylic acids is 2. The average molecular weight is 296 g/mol. The van der Waals surface area contributed by atoms with Crippen molar-refractivity contribution in [2.24, 2.45) is 23.0 Å². The van der Waals surface area contributed by atoms with E-state index in [-0.39, 0.29) is 23.7 Å². The fraction of sp³-hybridized carbons (Fsp3) is 0.800. The number of primary amides is 1. The number of carboxylic acid groups (broad SMARTS) is 1. The number of nitrogens with two attached hydrogens (primary N) is 1. The van der Waals surface area contributed by atoms with Crippen LogP contribution >= 0.6 is 0 Å². The van der Waals surface area contributed by atoms with Gasteiger partial charge in [-0.05, 0) is 38.5 Å². The van der Waals surface area contributed by atoms with E-state index in [9.17, 15) is 14.4 Å². The third-order valence-corrected chi connectivity index (χ3v) is 5.13. The van der Waals surface area contributed by atoms with Gasteiger partial charge in [0.25, 0.3) is 0 Å². The summed E-state index contributed by atoms with van der Waals surface area (Å²) < 4.78 is 0. The van der Waals surface area contributed by atoms with Crippen molar-refractivity contribution in [3.63, 3.8) is 0 Å². The van der Waals surface area contributed by atoms with Crippen molar-refractivity contribution in [3.05, 3.63) is 0 Å². The van der Waals surface area contributed by atoms with Crippen LogP contribution in [0.2, 0.25) is 0 Å². The van der Waals surface area contributed by atoms with Crippen LogP contribution in [-0.4, -0.2) is 29.4 Å². The number of carboxylic acids is 1. The van der Waals surface area contributed by atoms with Crippen molar-refractivity contribution in [2.45, 2.75) is 51.4 Å². The van der Waals surface area contributed by atoms with Gasteiger partial charge in [-0.25, -0.2) is 0 Å². The molecule has 4 N–H and O–H groups in total. The first-order valence-electron chi connectivity index (χ1n) is 7.75. The number of aliphatic carboxylic acids is 1. The highest BCUT2D eigenvalue weighted by Gasteiger charge is 2.40. The lowest BCUT2D eigenvalue weighted by Crippen LogP contribution is -2.46. The van der Waals surface area contributed by atoms with Gasteiger partial charge in [-0.15, -0.1) is 0 Å². The minimum atomic E-state index is -0.771. The Hall–Kier alpha value is -1.59. The predicted octanol–water partition coefficient (Wildman–Crippen LogP) is 1.04. The Labute approximate surface area is 124 Å². The summed E-state index contributed by atoms with van der Waals surface area (Å²) in [6.45, 7) is 0.319. The SMILES string of the molecule is NC(=O)C1(CNC(=O)C2CCC(C(=O)O)CC2)CCCC1. The van der Waals surface area contributed by atoms with Crippen molar-refractivity contribution >= 4 is 17.8 Å². The van der Waals surface area contributed by atoms with Gasteiger partial charge in [0.15, 0.2) is 0 Å². The van der Waals surface area contributed by atoms with Gasteiger partial charge in [-0.2, -0.15) is 0 Å².